The van der Waals surface area contributed by atoms with Crippen molar-refractivity contribution in [3.63, 3.8) is 0 Å². The van der Waals surface area contributed by atoms with Crippen molar-refractivity contribution in [2.45, 2.75) is 5.51 Å². The molecule has 4 aromatic carbocycles. The monoisotopic (exact) mass is 817 g/mol. The molecule has 12 heteroatoms. The van der Waals surface area contributed by atoms with Gasteiger partial charge in [0.2, 0.25) is 0 Å². The number of halogens is 3. The molecule has 2 aliphatic rings. The van der Waals surface area contributed by atoms with Gasteiger partial charge in [-0.2, -0.15) is 13.2 Å². The van der Waals surface area contributed by atoms with Crippen LogP contribution in [0, 0.1) is 0 Å². The molecule has 0 aliphatic carbocycles. The van der Waals surface area contributed by atoms with Crippen molar-refractivity contribution >= 4 is 56.5 Å². The number of hydrogen-bond donors (Lipinski definition) is 0. The largest absolute Gasteiger partial charge is 3.00 e. The molecule has 5 heterocycles. The topological polar surface area (TPSA) is 111 Å². The van der Waals surface area contributed by atoms with Crippen LogP contribution in [-0.4, -0.2) is 28.4 Å². The van der Waals surface area contributed by atoms with E-state index in [1.54, 1.807) is 0 Å². The Balaban J connectivity index is 0.000000501. The minimum Gasteiger partial charge on any atom is -0.741 e. The molecule has 0 saturated carbocycles. The van der Waals surface area contributed by atoms with Crippen molar-refractivity contribution in [1.29, 1.82) is 0 Å². The van der Waals surface area contributed by atoms with Crippen LogP contribution in [-0.2, 0) is 27.2 Å². The zero-order valence-corrected chi connectivity index (χ0v) is 31.5. The van der Waals surface area contributed by atoms with Gasteiger partial charge < -0.3 is 14.5 Å². The summed E-state index contributed by atoms with van der Waals surface area (Å²) in [5.74, 6) is 0. The summed E-state index contributed by atoms with van der Waals surface area (Å²) in [6.07, 6.45) is 8.41. The predicted octanol–water partition coefficient (Wildman–Crippen LogP) is 10.6. The van der Waals surface area contributed by atoms with Gasteiger partial charge in [-0.1, -0.05) is 146 Å². The summed E-state index contributed by atoms with van der Waals surface area (Å²) >= 11 is 0. The van der Waals surface area contributed by atoms with Crippen LogP contribution in [0.4, 0.5) is 13.2 Å². The first kappa shape index (κ1) is 39.0. The van der Waals surface area contributed by atoms with Crippen molar-refractivity contribution < 1.29 is 43.2 Å². The fourth-order valence-corrected chi connectivity index (χ4v) is 6.69. The van der Waals surface area contributed by atoms with Gasteiger partial charge in [0, 0.05) is 0 Å². The Bertz CT molecular complexity index is 2570. The number of benzene rings is 4. The van der Waals surface area contributed by atoms with E-state index >= 15 is 0 Å². The van der Waals surface area contributed by atoms with E-state index in [-0.39, 0.29) is 17.1 Å². The standard InChI is InChI=1S/C44H28N4.CHF3O3S.Fe/c1-5-13-29(14-6-1)41-33-21-23-35(45-33)42(30-15-7-2-8-16-30)37-25-27-39(47-37)44(32-19-11-4-12-20-32)40-28-26-38(48-40)43(31-17-9-3-10-18-31)36-24-22-34(41)46-36;2-1(3,4)8(5,6)7;/h1-28H;(H,5,6,7);/q-2;;+3/p-1. The Labute approximate surface area is 336 Å². The normalized spacial score (nSPS) is 12.1. The van der Waals surface area contributed by atoms with Crippen molar-refractivity contribution in [2.75, 3.05) is 0 Å². The molecule has 0 N–H and O–H groups in total. The van der Waals surface area contributed by atoms with Crippen LogP contribution in [0.25, 0.3) is 90.9 Å². The smallest absolute Gasteiger partial charge is 0.741 e. The van der Waals surface area contributed by atoms with E-state index in [2.05, 4.69) is 146 Å². The summed E-state index contributed by atoms with van der Waals surface area (Å²) < 4.78 is 58.9. The number of aromatic nitrogens is 4. The first-order valence-electron chi connectivity index (χ1n) is 17.3. The number of nitrogens with zero attached hydrogens (tertiary/aromatic N) is 4. The van der Waals surface area contributed by atoms with Gasteiger partial charge in [-0.05, 0) is 68.8 Å². The van der Waals surface area contributed by atoms with Gasteiger partial charge >= 0.3 is 22.6 Å². The number of rotatable bonds is 4. The molecule has 0 saturated heterocycles. The molecule has 0 amide bonds. The molecule has 8 bridgehead atoms. The van der Waals surface area contributed by atoms with Crippen LogP contribution in [0.5, 0.6) is 0 Å². The zero-order valence-electron chi connectivity index (χ0n) is 29.6. The molecule has 7 nitrogen and oxygen atoms in total. The van der Waals surface area contributed by atoms with E-state index in [0.717, 1.165) is 89.4 Å². The van der Waals surface area contributed by atoms with Gasteiger partial charge in [-0.15, -0.1) is 22.1 Å². The van der Waals surface area contributed by atoms with E-state index in [0.29, 0.717) is 0 Å². The zero-order chi connectivity index (χ0) is 38.9. The third kappa shape index (κ3) is 8.03. The Morgan fingerprint density at radius 1 is 0.421 bits per heavy atom. The van der Waals surface area contributed by atoms with Gasteiger partial charge in [0.1, 0.15) is 0 Å². The Hall–Kier alpha value is -6.30. The Morgan fingerprint density at radius 3 is 0.825 bits per heavy atom. The first-order chi connectivity index (χ1) is 27.0. The maximum Gasteiger partial charge on any atom is 3.00 e. The molecule has 281 valence electrons. The number of alkyl halides is 3. The number of fused-ring (bicyclic) bond motifs is 8. The molecule has 3 aromatic heterocycles. The van der Waals surface area contributed by atoms with E-state index in [9.17, 15) is 13.2 Å². The van der Waals surface area contributed by atoms with Gasteiger partial charge in [-0.3, -0.25) is 0 Å². The van der Waals surface area contributed by atoms with Gasteiger partial charge in [0.25, 0.3) is 0 Å². The van der Waals surface area contributed by atoms with E-state index in [1.165, 1.54) is 0 Å². The summed E-state index contributed by atoms with van der Waals surface area (Å²) in [6, 6.07) is 50.0. The summed E-state index contributed by atoms with van der Waals surface area (Å²) in [7, 11) is -6.09. The molecule has 7 aromatic rings. The van der Waals surface area contributed by atoms with E-state index in [4.69, 9.17) is 32.9 Å². The summed E-state index contributed by atoms with van der Waals surface area (Å²) in [5.41, 5.74) is 9.38. The average Bonchev–Trinajstić information content (AvgIpc) is 4.04. The molecule has 57 heavy (non-hydrogen) atoms. The quantitative estimate of drug-likeness (QED) is 0.0988. The third-order valence-electron chi connectivity index (χ3n) is 9.14. The van der Waals surface area contributed by atoms with Crippen LogP contribution >= 0.6 is 0 Å². The van der Waals surface area contributed by atoms with Crippen LogP contribution < -0.4 is 9.97 Å². The van der Waals surface area contributed by atoms with Gasteiger partial charge in [-0.25, -0.2) is 18.4 Å². The summed E-state index contributed by atoms with van der Waals surface area (Å²) in [4.78, 5) is 21.2. The summed E-state index contributed by atoms with van der Waals surface area (Å²) in [6.45, 7) is 0. The molecule has 2 aliphatic heterocycles. The Morgan fingerprint density at radius 2 is 0.632 bits per heavy atom. The second-order valence-corrected chi connectivity index (χ2v) is 14.1. The molecule has 0 fully saturated rings. The van der Waals surface area contributed by atoms with Crippen LogP contribution in [0.3, 0.4) is 0 Å². The minimum atomic E-state index is -6.09. The second kappa shape index (κ2) is 16.0. The fraction of sp³-hybridized carbons (Fsp3) is 0.0222. The van der Waals surface area contributed by atoms with Crippen LogP contribution in [0.15, 0.2) is 146 Å². The molecule has 9 rings (SSSR count). The first-order valence-corrected chi connectivity index (χ1v) is 18.8. The molecular weight excluding hydrogens is 789 g/mol. The molecule has 1 radical (unpaired) electrons. The SMILES string of the molecule is C1=Cc2nc1c(-c1ccccc1)c1ccc([n-]1)c(-c1ccccc1)c1nc(c(-c3ccccc3)c3ccc([n-]3)c2-c2ccccc2)C=C1.O=S(=O)([O-])C(F)(F)F.[Fe+3]. The van der Waals surface area contributed by atoms with Crippen molar-refractivity contribution in [3.8, 4) is 44.5 Å². The van der Waals surface area contributed by atoms with Gasteiger partial charge in [0.05, 0.1) is 22.8 Å². The fourth-order valence-electron chi connectivity index (χ4n) is 6.69. The second-order valence-electron chi connectivity index (χ2n) is 12.7. The third-order valence-corrected chi connectivity index (χ3v) is 9.71. The molecule has 0 atom stereocenters. The summed E-state index contributed by atoms with van der Waals surface area (Å²) in [5, 5.41) is 0. The van der Waals surface area contributed by atoms with Crippen LogP contribution in [0.2, 0.25) is 0 Å². The van der Waals surface area contributed by atoms with E-state index in [1.807, 2.05) is 24.3 Å². The molecule has 0 unspecified atom stereocenters. The van der Waals surface area contributed by atoms with Gasteiger partial charge in [0.15, 0.2) is 10.1 Å². The Kier molecular flexibility index (Phi) is 11.0. The van der Waals surface area contributed by atoms with E-state index < -0.39 is 15.6 Å². The maximum atomic E-state index is 10.7. The van der Waals surface area contributed by atoms with Crippen molar-refractivity contribution in [1.82, 2.24) is 19.9 Å². The predicted molar refractivity (Wildman–Crippen MR) is 214 cm³/mol. The average molecular weight is 818 g/mol. The number of hydrogen-bond acceptors (Lipinski definition) is 5. The van der Waals surface area contributed by atoms with Crippen molar-refractivity contribution in [3.05, 3.63) is 168 Å². The molecular formula is C45H28F3FeN4O3S. The van der Waals surface area contributed by atoms with Crippen LogP contribution in [0.1, 0.15) is 22.8 Å². The molecule has 0 spiro atoms. The maximum absolute atomic E-state index is 10.7. The minimum absolute atomic E-state index is 0. The van der Waals surface area contributed by atoms with Crippen molar-refractivity contribution in [2.24, 2.45) is 0 Å².